The van der Waals surface area contributed by atoms with E-state index in [1.807, 2.05) is 12.1 Å². The normalized spacial score (nSPS) is 20.9. The summed E-state index contributed by atoms with van der Waals surface area (Å²) < 4.78 is 0. The second-order valence-electron chi connectivity index (χ2n) is 6.74. The minimum atomic E-state index is -0.564. The maximum Gasteiger partial charge on any atom is 0.0772 e. The summed E-state index contributed by atoms with van der Waals surface area (Å²) >= 11 is 11.9. The average Bonchev–Trinajstić information content (AvgIpc) is 2.38. The Hall–Kier alpha value is -0.280. The summed E-state index contributed by atoms with van der Waals surface area (Å²) in [6, 6.07) is 5.62. The predicted octanol–water partition coefficient (Wildman–Crippen LogP) is 4.41. The Kier molecular flexibility index (Phi) is 5.01. The van der Waals surface area contributed by atoms with Crippen LogP contribution in [0.1, 0.15) is 45.1 Å². The fourth-order valence-corrected chi connectivity index (χ4v) is 2.98. The van der Waals surface area contributed by atoms with E-state index in [0.29, 0.717) is 28.5 Å². The van der Waals surface area contributed by atoms with Gasteiger partial charge in [0.05, 0.1) is 15.6 Å². The Balaban J connectivity index is 1.82. The van der Waals surface area contributed by atoms with Crippen LogP contribution in [0.25, 0.3) is 0 Å². The smallest absolute Gasteiger partial charge is 0.0772 e. The van der Waals surface area contributed by atoms with E-state index in [9.17, 15) is 5.11 Å². The maximum atomic E-state index is 10.6. The van der Waals surface area contributed by atoms with Crippen LogP contribution in [0.2, 0.25) is 10.0 Å². The van der Waals surface area contributed by atoms with Crippen molar-refractivity contribution in [3.63, 3.8) is 0 Å². The lowest BCUT2D eigenvalue weighted by Gasteiger charge is -2.40. The molecule has 0 amide bonds. The molecule has 1 aliphatic rings. The lowest BCUT2D eigenvalue weighted by Crippen LogP contribution is -2.44. The van der Waals surface area contributed by atoms with Crippen LogP contribution in [0.5, 0.6) is 0 Å². The first-order valence-electron chi connectivity index (χ1n) is 7.17. The standard InChI is InChI=1S/C16H23Cl2NO/c1-15(2)5-7-16(20,8-6-15)11-19-10-12-3-4-13(17)14(18)9-12/h3-4,9,19-20H,5-8,10-11H2,1-2H3. The summed E-state index contributed by atoms with van der Waals surface area (Å²) in [6.45, 7) is 5.87. The molecule has 0 unspecified atom stereocenters. The van der Waals surface area contributed by atoms with Crippen LogP contribution >= 0.6 is 23.2 Å². The van der Waals surface area contributed by atoms with Crippen molar-refractivity contribution in [1.82, 2.24) is 5.32 Å². The van der Waals surface area contributed by atoms with Gasteiger partial charge in [-0.15, -0.1) is 0 Å². The molecule has 1 aliphatic carbocycles. The van der Waals surface area contributed by atoms with E-state index in [1.165, 1.54) is 0 Å². The van der Waals surface area contributed by atoms with E-state index in [4.69, 9.17) is 23.2 Å². The first kappa shape index (κ1) is 16.1. The zero-order valence-corrected chi connectivity index (χ0v) is 13.7. The highest BCUT2D eigenvalue weighted by molar-refractivity contribution is 6.42. The molecule has 4 heteroatoms. The minimum absolute atomic E-state index is 0.371. The van der Waals surface area contributed by atoms with Gasteiger partial charge in [0.25, 0.3) is 0 Å². The quantitative estimate of drug-likeness (QED) is 0.862. The van der Waals surface area contributed by atoms with Gasteiger partial charge in [0.15, 0.2) is 0 Å². The average molecular weight is 316 g/mol. The molecule has 1 fully saturated rings. The molecule has 0 saturated heterocycles. The van der Waals surface area contributed by atoms with E-state index < -0.39 is 5.60 Å². The van der Waals surface area contributed by atoms with Gasteiger partial charge in [0.1, 0.15) is 0 Å². The lowest BCUT2D eigenvalue weighted by atomic mass is 9.71. The van der Waals surface area contributed by atoms with Crippen molar-refractivity contribution < 1.29 is 5.11 Å². The van der Waals surface area contributed by atoms with Crippen molar-refractivity contribution in [1.29, 1.82) is 0 Å². The second kappa shape index (κ2) is 6.23. The van der Waals surface area contributed by atoms with Crippen LogP contribution in [0.15, 0.2) is 18.2 Å². The summed E-state index contributed by atoms with van der Waals surface area (Å²) in [5, 5.41) is 15.1. The molecule has 20 heavy (non-hydrogen) atoms. The number of rotatable bonds is 4. The summed E-state index contributed by atoms with van der Waals surface area (Å²) in [5.41, 5.74) is 0.890. The van der Waals surface area contributed by atoms with Crippen LogP contribution in [0, 0.1) is 5.41 Å². The topological polar surface area (TPSA) is 32.3 Å². The summed E-state index contributed by atoms with van der Waals surface area (Å²) in [5.74, 6) is 0. The first-order chi connectivity index (χ1) is 9.30. The lowest BCUT2D eigenvalue weighted by molar-refractivity contribution is -0.0245. The Morgan fingerprint density at radius 1 is 1.10 bits per heavy atom. The highest BCUT2D eigenvalue weighted by Gasteiger charge is 2.36. The van der Waals surface area contributed by atoms with Crippen LogP contribution in [0.3, 0.4) is 0 Å². The molecule has 0 atom stereocenters. The van der Waals surface area contributed by atoms with E-state index >= 15 is 0 Å². The highest BCUT2D eigenvalue weighted by Crippen LogP contribution is 2.39. The first-order valence-corrected chi connectivity index (χ1v) is 7.92. The molecular formula is C16H23Cl2NO. The van der Waals surface area contributed by atoms with Crippen molar-refractivity contribution in [3.05, 3.63) is 33.8 Å². The Labute approximate surface area is 131 Å². The molecule has 112 valence electrons. The van der Waals surface area contributed by atoms with Crippen molar-refractivity contribution in [3.8, 4) is 0 Å². The van der Waals surface area contributed by atoms with Gasteiger partial charge in [-0.25, -0.2) is 0 Å². The van der Waals surface area contributed by atoms with Gasteiger partial charge >= 0.3 is 0 Å². The van der Waals surface area contributed by atoms with Gasteiger partial charge in [0, 0.05) is 13.1 Å². The largest absolute Gasteiger partial charge is 0.389 e. The monoisotopic (exact) mass is 315 g/mol. The fourth-order valence-electron chi connectivity index (χ4n) is 2.66. The van der Waals surface area contributed by atoms with Crippen LogP contribution < -0.4 is 5.32 Å². The van der Waals surface area contributed by atoms with Gasteiger partial charge in [-0.3, -0.25) is 0 Å². The van der Waals surface area contributed by atoms with Crippen LogP contribution in [0.4, 0.5) is 0 Å². The zero-order valence-electron chi connectivity index (χ0n) is 12.2. The summed E-state index contributed by atoms with van der Waals surface area (Å²) in [7, 11) is 0. The van der Waals surface area contributed by atoms with Crippen molar-refractivity contribution >= 4 is 23.2 Å². The minimum Gasteiger partial charge on any atom is -0.389 e. The van der Waals surface area contributed by atoms with E-state index in [0.717, 1.165) is 31.2 Å². The number of nitrogens with one attached hydrogen (secondary N) is 1. The van der Waals surface area contributed by atoms with Crippen LogP contribution in [-0.2, 0) is 6.54 Å². The molecule has 1 saturated carbocycles. The maximum absolute atomic E-state index is 10.6. The molecule has 0 radical (unpaired) electrons. The molecule has 1 aromatic carbocycles. The summed E-state index contributed by atoms with van der Waals surface area (Å²) in [6.07, 6.45) is 3.90. The molecule has 0 spiro atoms. The number of benzene rings is 1. The van der Waals surface area contributed by atoms with Crippen molar-refractivity contribution in [2.45, 2.75) is 51.7 Å². The fraction of sp³-hybridized carbons (Fsp3) is 0.625. The molecule has 2 nitrogen and oxygen atoms in total. The van der Waals surface area contributed by atoms with Crippen molar-refractivity contribution in [2.75, 3.05) is 6.54 Å². The van der Waals surface area contributed by atoms with E-state index in [2.05, 4.69) is 19.2 Å². The molecular weight excluding hydrogens is 293 g/mol. The third kappa shape index (κ3) is 4.36. The molecule has 2 rings (SSSR count). The number of hydrogen-bond acceptors (Lipinski definition) is 2. The highest BCUT2D eigenvalue weighted by atomic mass is 35.5. The third-order valence-corrected chi connectivity index (χ3v) is 5.04. The van der Waals surface area contributed by atoms with Crippen molar-refractivity contribution in [2.24, 2.45) is 5.41 Å². The number of hydrogen-bond donors (Lipinski definition) is 2. The Morgan fingerprint density at radius 2 is 1.75 bits per heavy atom. The van der Waals surface area contributed by atoms with Gasteiger partial charge < -0.3 is 10.4 Å². The molecule has 2 N–H and O–H groups in total. The van der Waals surface area contributed by atoms with Gasteiger partial charge in [-0.1, -0.05) is 43.1 Å². The van der Waals surface area contributed by atoms with Gasteiger partial charge in [0.2, 0.25) is 0 Å². The van der Waals surface area contributed by atoms with Gasteiger partial charge in [-0.2, -0.15) is 0 Å². The predicted molar refractivity (Wildman–Crippen MR) is 85.4 cm³/mol. The second-order valence-corrected chi connectivity index (χ2v) is 7.55. The third-order valence-electron chi connectivity index (χ3n) is 4.30. The molecule has 0 heterocycles. The Morgan fingerprint density at radius 3 is 2.35 bits per heavy atom. The molecule has 0 bridgehead atoms. The van der Waals surface area contributed by atoms with Gasteiger partial charge in [-0.05, 0) is 48.8 Å². The van der Waals surface area contributed by atoms with E-state index in [1.54, 1.807) is 6.07 Å². The number of aliphatic hydroxyl groups is 1. The molecule has 0 aliphatic heterocycles. The molecule has 0 aromatic heterocycles. The number of halogens is 2. The zero-order chi connectivity index (χ0) is 14.8. The summed E-state index contributed by atoms with van der Waals surface area (Å²) in [4.78, 5) is 0. The SMILES string of the molecule is CC1(C)CCC(O)(CNCc2ccc(Cl)c(Cl)c2)CC1. The van der Waals surface area contributed by atoms with Crippen LogP contribution in [-0.4, -0.2) is 17.3 Å². The van der Waals surface area contributed by atoms with E-state index in [-0.39, 0.29) is 0 Å². The Bertz CT molecular complexity index is 464. The molecule has 1 aromatic rings.